The molecule has 24 heavy (non-hydrogen) atoms. The van der Waals surface area contributed by atoms with Crippen LogP contribution in [0.25, 0.3) is 0 Å². The monoisotopic (exact) mass is 347 g/mol. The summed E-state index contributed by atoms with van der Waals surface area (Å²) in [6.45, 7) is 5.93. The van der Waals surface area contributed by atoms with E-state index in [1.807, 2.05) is 39.0 Å². The Morgan fingerprint density at radius 2 is 2.04 bits per heavy atom. The Morgan fingerprint density at radius 1 is 1.29 bits per heavy atom. The summed E-state index contributed by atoms with van der Waals surface area (Å²) in [5.74, 6) is -0.332. The smallest absolute Gasteiger partial charge is 0.254 e. The fourth-order valence-corrected chi connectivity index (χ4v) is 3.16. The summed E-state index contributed by atoms with van der Waals surface area (Å²) in [4.78, 5) is 12.5. The molecule has 0 unspecified atom stereocenters. The third-order valence-corrected chi connectivity index (χ3v) is 4.34. The van der Waals surface area contributed by atoms with Gasteiger partial charge in [-0.1, -0.05) is 23.7 Å². The van der Waals surface area contributed by atoms with Crippen LogP contribution in [-0.2, 0) is 0 Å². The zero-order valence-corrected chi connectivity index (χ0v) is 14.6. The van der Waals surface area contributed by atoms with Crippen LogP contribution >= 0.6 is 11.6 Å². The van der Waals surface area contributed by atoms with Gasteiger partial charge in [0.15, 0.2) is 0 Å². The molecule has 1 amide bonds. The Kier molecular flexibility index (Phi) is 4.26. The molecule has 0 saturated carbocycles. The van der Waals surface area contributed by atoms with Gasteiger partial charge in [0.05, 0.1) is 11.6 Å². The van der Waals surface area contributed by atoms with Crippen LogP contribution in [-0.4, -0.2) is 11.5 Å². The van der Waals surface area contributed by atoms with Crippen LogP contribution in [0.2, 0.25) is 5.02 Å². The molecule has 1 aliphatic heterocycles. The minimum atomic E-state index is -0.629. The van der Waals surface area contributed by atoms with Gasteiger partial charge in [0.2, 0.25) is 0 Å². The Labute approximate surface area is 145 Å². The largest absolute Gasteiger partial charge is 0.487 e. The van der Waals surface area contributed by atoms with Crippen LogP contribution < -0.4 is 10.1 Å². The quantitative estimate of drug-likeness (QED) is 0.845. The van der Waals surface area contributed by atoms with E-state index in [9.17, 15) is 9.18 Å². The van der Waals surface area contributed by atoms with Crippen LogP contribution in [0.1, 0.15) is 47.8 Å². The van der Waals surface area contributed by atoms with Gasteiger partial charge in [-0.05, 0) is 50.6 Å². The van der Waals surface area contributed by atoms with E-state index in [1.165, 1.54) is 12.1 Å². The molecular formula is C19H19ClFNO2. The molecule has 3 nitrogen and oxygen atoms in total. The van der Waals surface area contributed by atoms with E-state index in [0.717, 1.165) is 22.9 Å². The number of nitrogens with one attached hydrogen (secondary N) is 1. The second-order valence-electron chi connectivity index (χ2n) is 6.76. The molecule has 126 valence electrons. The summed E-state index contributed by atoms with van der Waals surface area (Å²) in [6, 6.07) is 9.68. The first kappa shape index (κ1) is 16.8. The van der Waals surface area contributed by atoms with Gasteiger partial charge in [0, 0.05) is 17.0 Å². The van der Waals surface area contributed by atoms with Crippen molar-refractivity contribution in [1.82, 2.24) is 5.32 Å². The standard InChI is InChI=1S/C19H19ClFNO2/c1-11-4-6-14-16(10-19(2,3)24-17(14)8-11)22-18(23)13-7-5-12(20)9-15(13)21/h4-9,16H,10H2,1-3H3,(H,22,23)/t16-/m1/s1. The summed E-state index contributed by atoms with van der Waals surface area (Å²) in [7, 11) is 0. The van der Waals surface area contributed by atoms with Gasteiger partial charge in [-0.3, -0.25) is 4.79 Å². The number of carbonyl (C=O) groups is 1. The highest BCUT2D eigenvalue weighted by molar-refractivity contribution is 6.30. The summed E-state index contributed by atoms with van der Waals surface area (Å²) < 4.78 is 20.0. The first-order valence-corrected chi connectivity index (χ1v) is 8.18. The predicted octanol–water partition coefficient (Wildman–Crippen LogP) is 4.82. The van der Waals surface area contributed by atoms with Crippen molar-refractivity contribution < 1.29 is 13.9 Å². The van der Waals surface area contributed by atoms with E-state index < -0.39 is 17.3 Å². The normalized spacial score (nSPS) is 18.5. The number of amides is 1. The molecule has 1 heterocycles. The van der Waals surface area contributed by atoms with E-state index in [-0.39, 0.29) is 16.6 Å². The zero-order valence-electron chi connectivity index (χ0n) is 13.8. The number of benzene rings is 2. The number of ether oxygens (including phenoxy) is 1. The van der Waals surface area contributed by atoms with Gasteiger partial charge in [-0.15, -0.1) is 0 Å². The summed E-state index contributed by atoms with van der Waals surface area (Å²) >= 11 is 5.74. The molecule has 0 radical (unpaired) electrons. The number of carbonyl (C=O) groups excluding carboxylic acids is 1. The molecular weight excluding hydrogens is 329 g/mol. The van der Waals surface area contributed by atoms with Gasteiger partial charge in [0.25, 0.3) is 5.91 Å². The minimum absolute atomic E-state index is 0.0163. The summed E-state index contributed by atoms with van der Waals surface area (Å²) in [6.07, 6.45) is 0.601. The van der Waals surface area contributed by atoms with Crippen LogP contribution in [0.4, 0.5) is 4.39 Å². The maximum Gasteiger partial charge on any atom is 0.254 e. The average Bonchev–Trinajstić information content (AvgIpc) is 2.45. The average molecular weight is 348 g/mol. The molecule has 5 heteroatoms. The van der Waals surface area contributed by atoms with Gasteiger partial charge in [-0.25, -0.2) is 4.39 Å². The van der Waals surface area contributed by atoms with Crippen molar-refractivity contribution >= 4 is 17.5 Å². The molecule has 0 spiro atoms. The number of hydrogen-bond donors (Lipinski definition) is 1. The number of hydrogen-bond acceptors (Lipinski definition) is 2. The molecule has 3 rings (SSSR count). The second kappa shape index (κ2) is 6.10. The molecule has 0 bridgehead atoms. The van der Waals surface area contributed by atoms with Crippen molar-refractivity contribution in [2.75, 3.05) is 0 Å². The fraction of sp³-hybridized carbons (Fsp3) is 0.316. The van der Waals surface area contributed by atoms with Crippen LogP contribution in [0.3, 0.4) is 0 Å². The maximum atomic E-state index is 14.0. The number of aryl methyl sites for hydroxylation is 1. The van der Waals surface area contributed by atoms with Crippen molar-refractivity contribution in [2.24, 2.45) is 0 Å². The lowest BCUT2D eigenvalue weighted by Gasteiger charge is -2.38. The van der Waals surface area contributed by atoms with E-state index in [0.29, 0.717) is 6.42 Å². The third-order valence-electron chi connectivity index (χ3n) is 4.11. The third kappa shape index (κ3) is 3.39. The maximum absolute atomic E-state index is 14.0. The van der Waals surface area contributed by atoms with Gasteiger partial charge in [0.1, 0.15) is 17.2 Å². The molecule has 1 atom stereocenters. The van der Waals surface area contributed by atoms with E-state index >= 15 is 0 Å². The molecule has 2 aromatic carbocycles. The first-order chi connectivity index (χ1) is 11.2. The summed E-state index contributed by atoms with van der Waals surface area (Å²) in [5.41, 5.74) is 1.55. The number of fused-ring (bicyclic) bond motifs is 1. The lowest BCUT2D eigenvalue weighted by molar-refractivity contribution is 0.0618. The second-order valence-corrected chi connectivity index (χ2v) is 7.19. The number of rotatable bonds is 2. The van der Waals surface area contributed by atoms with Crippen molar-refractivity contribution in [1.29, 1.82) is 0 Å². The molecule has 2 aromatic rings. The Morgan fingerprint density at radius 3 is 2.75 bits per heavy atom. The van der Waals surface area contributed by atoms with Crippen molar-refractivity contribution in [2.45, 2.75) is 38.8 Å². The van der Waals surface area contributed by atoms with E-state index in [2.05, 4.69) is 5.32 Å². The molecule has 1 aliphatic rings. The van der Waals surface area contributed by atoms with Crippen LogP contribution in [0.15, 0.2) is 36.4 Å². The Bertz CT molecular complexity index is 804. The zero-order chi connectivity index (χ0) is 17.5. The Hall–Kier alpha value is -2.07. The molecule has 1 N–H and O–H groups in total. The lowest BCUT2D eigenvalue weighted by Crippen LogP contribution is -2.41. The highest BCUT2D eigenvalue weighted by Gasteiger charge is 2.34. The minimum Gasteiger partial charge on any atom is -0.487 e. The Balaban J connectivity index is 1.90. The van der Waals surface area contributed by atoms with Gasteiger partial charge < -0.3 is 10.1 Å². The topological polar surface area (TPSA) is 38.3 Å². The van der Waals surface area contributed by atoms with E-state index in [1.54, 1.807) is 0 Å². The highest BCUT2D eigenvalue weighted by atomic mass is 35.5. The van der Waals surface area contributed by atoms with Crippen LogP contribution in [0.5, 0.6) is 5.75 Å². The van der Waals surface area contributed by atoms with Crippen molar-refractivity contribution in [3.05, 3.63) is 63.9 Å². The molecule has 0 aromatic heterocycles. The first-order valence-electron chi connectivity index (χ1n) is 7.81. The van der Waals surface area contributed by atoms with Gasteiger partial charge in [-0.2, -0.15) is 0 Å². The predicted molar refractivity (Wildman–Crippen MR) is 92.1 cm³/mol. The lowest BCUT2D eigenvalue weighted by atomic mass is 9.89. The van der Waals surface area contributed by atoms with Crippen molar-refractivity contribution in [3.63, 3.8) is 0 Å². The number of halogens is 2. The van der Waals surface area contributed by atoms with Crippen molar-refractivity contribution in [3.8, 4) is 5.75 Å². The summed E-state index contributed by atoms with van der Waals surface area (Å²) in [5, 5.41) is 3.19. The molecule has 0 saturated heterocycles. The molecule has 0 aliphatic carbocycles. The molecule has 0 fully saturated rings. The SMILES string of the molecule is Cc1ccc2c(c1)OC(C)(C)C[C@H]2NC(=O)c1ccc(Cl)cc1F. The van der Waals surface area contributed by atoms with Crippen LogP contribution in [0, 0.1) is 12.7 Å². The van der Waals surface area contributed by atoms with E-state index in [4.69, 9.17) is 16.3 Å². The van der Waals surface area contributed by atoms with Gasteiger partial charge >= 0.3 is 0 Å². The highest BCUT2D eigenvalue weighted by Crippen LogP contribution is 2.40. The fourth-order valence-electron chi connectivity index (χ4n) is 3.00.